The Balaban J connectivity index is 2.32. The molecule has 0 spiro atoms. The lowest BCUT2D eigenvalue weighted by Crippen LogP contribution is -2.47. The summed E-state index contributed by atoms with van der Waals surface area (Å²) in [6.45, 7) is 8.67. The van der Waals surface area contributed by atoms with Gasteiger partial charge in [0.25, 0.3) is 0 Å². The zero-order valence-electron chi connectivity index (χ0n) is 11.9. The molecule has 1 fully saturated rings. The normalized spacial score (nSPS) is 25.5. The first kappa shape index (κ1) is 16.2. The Labute approximate surface area is 115 Å². The van der Waals surface area contributed by atoms with Crippen LogP contribution < -0.4 is 5.32 Å². The number of hydrogen-bond acceptors (Lipinski definition) is 5. The highest BCUT2D eigenvalue weighted by atomic mass is 32.2. The van der Waals surface area contributed by atoms with E-state index < -0.39 is 21.5 Å². The van der Waals surface area contributed by atoms with E-state index in [-0.39, 0.29) is 11.5 Å². The molecule has 1 rings (SSSR count). The van der Waals surface area contributed by atoms with E-state index in [4.69, 9.17) is 4.74 Å². The van der Waals surface area contributed by atoms with E-state index in [1.165, 1.54) is 0 Å². The van der Waals surface area contributed by atoms with Crippen LogP contribution in [0.1, 0.15) is 27.2 Å². The van der Waals surface area contributed by atoms with Crippen molar-refractivity contribution < 1.29 is 17.9 Å². The molecule has 19 heavy (non-hydrogen) atoms. The van der Waals surface area contributed by atoms with Gasteiger partial charge in [0.15, 0.2) is 9.84 Å². The predicted octanol–water partition coefficient (Wildman–Crippen LogP) is 0.632. The van der Waals surface area contributed by atoms with Gasteiger partial charge in [-0.2, -0.15) is 0 Å². The molecule has 1 aliphatic heterocycles. The fourth-order valence-electron chi connectivity index (χ4n) is 2.20. The number of alkyl carbamates (subject to hydrolysis) is 1. The highest BCUT2D eigenvalue weighted by Crippen LogP contribution is 2.22. The molecule has 1 atom stereocenters. The predicted molar refractivity (Wildman–Crippen MR) is 73.9 cm³/mol. The second-order valence-electron chi connectivity index (χ2n) is 5.19. The zero-order chi connectivity index (χ0) is 14.5. The highest BCUT2D eigenvalue weighted by molar-refractivity contribution is 7.91. The van der Waals surface area contributed by atoms with Crippen molar-refractivity contribution in [3.63, 3.8) is 0 Å². The zero-order valence-corrected chi connectivity index (χ0v) is 12.8. The van der Waals surface area contributed by atoms with Crippen molar-refractivity contribution >= 4 is 15.9 Å². The molecule has 0 aromatic heterocycles. The minimum atomic E-state index is -3.02. The smallest absolute Gasteiger partial charge is 0.407 e. The number of nitrogens with one attached hydrogen (secondary N) is 1. The standard InChI is InChI=1S/C12H24N2O4S/c1-4-14(5-2)7-8-18-11(15)13-12(3)6-9-19(16,17)10-12/h4-10H2,1-3H3,(H,13,15). The number of nitrogens with zero attached hydrogens (tertiary/aromatic N) is 1. The van der Waals surface area contributed by atoms with Crippen LogP contribution in [0.15, 0.2) is 0 Å². The topological polar surface area (TPSA) is 75.7 Å². The van der Waals surface area contributed by atoms with E-state index in [1.807, 2.05) is 13.8 Å². The maximum absolute atomic E-state index is 11.6. The number of amides is 1. The van der Waals surface area contributed by atoms with Crippen molar-refractivity contribution in [1.82, 2.24) is 10.2 Å². The monoisotopic (exact) mass is 292 g/mol. The van der Waals surface area contributed by atoms with Crippen LogP contribution in [0, 0.1) is 0 Å². The van der Waals surface area contributed by atoms with E-state index in [0.29, 0.717) is 19.6 Å². The van der Waals surface area contributed by atoms with Crippen LogP contribution >= 0.6 is 0 Å². The summed E-state index contributed by atoms with van der Waals surface area (Å²) in [6, 6.07) is 0. The summed E-state index contributed by atoms with van der Waals surface area (Å²) in [5.74, 6) is 0.119. The molecule has 0 bridgehead atoms. The van der Waals surface area contributed by atoms with Gasteiger partial charge in [0.1, 0.15) is 6.61 Å². The quantitative estimate of drug-likeness (QED) is 0.777. The van der Waals surface area contributed by atoms with Gasteiger partial charge in [0.05, 0.1) is 17.0 Å². The van der Waals surface area contributed by atoms with Crippen LogP contribution in [0.2, 0.25) is 0 Å². The minimum absolute atomic E-state index is 0.00878. The average Bonchev–Trinajstić information content (AvgIpc) is 2.58. The molecule has 112 valence electrons. The molecule has 1 amide bonds. The van der Waals surface area contributed by atoms with Crippen LogP contribution in [-0.4, -0.2) is 62.7 Å². The summed E-state index contributed by atoms with van der Waals surface area (Å²) in [7, 11) is -3.02. The van der Waals surface area contributed by atoms with Gasteiger partial charge in [-0.25, -0.2) is 13.2 Å². The number of hydrogen-bond donors (Lipinski definition) is 1. The van der Waals surface area contributed by atoms with E-state index in [0.717, 1.165) is 13.1 Å². The van der Waals surface area contributed by atoms with Crippen molar-refractivity contribution in [3.05, 3.63) is 0 Å². The van der Waals surface area contributed by atoms with Gasteiger partial charge in [-0.1, -0.05) is 13.8 Å². The fourth-order valence-corrected chi connectivity index (χ4v) is 4.29. The first-order chi connectivity index (χ1) is 8.80. The van der Waals surface area contributed by atoms with Crippen molar-refractivity contribution in [2.75, 3.05) is 37.7 Å². The van der Waals surface area contributed by atoms with Gasteiger partial charge >= 0.3 is 6.09 Å². The lowest BCUT2D eigenvalue weighted by atomic mass is 10.0. The summed E-state index contributed by atoms with van der Waals surface area (Å²) in [6.07, 6.45) is -0.0905. The van der Waals surface area contributed by atoms with Crippen LogP contribution in [-0.2, 0) is 14.6 Å². The Kier molecular flexibility index (Phi) is 5.61. The third kappa shape index (κ3) is 5.36. The molecule has 7 heteroatoms. The molecule has 0 aliphatic carbocycles. The molecule has 1 unspecified atom stereocenters. The third-order valence-corrected chi connectivity index (χ3v) is 5.35. The van der Waals surface area contributed by atoms with Crippen LogP contribution in [0.5, 0.6) is 0 Å². The number of sulfone groups is 1. The van der Waals surface area contributed by atoms with E-state index in [9.17, 15) is 13.2 Å². The van der Waals surface area contributed by atoms with Crippen molar-refractivity contribution in [3.8, 4) is 0 Å². The summed E-state index contributed by atoms with van der Waals surface area (Å²) in [4.78, 5) is 13.8. The molecule has 1 saturated heterocycles. The van der Waals surface area contributed by atoms with Gasteiger partial charge in [-0.05, 0) is 26.4 Å². The number of likely N-dealkylation sites (N-methyl/N-ethyl adjacent to an activating group) is 1. The molecular weight excluding hydrogens is 268 g/mol. The summed E-state index contributed by atoms with van der Waals surface area (Å²) < 4.78 is 27.9. The molecule has 1 aliphatic rings. The maximum atomic E-state index is 11.6. The van der Waals surface area contributed by atoms with E-state index >= 15 is 0 Å². The van der Waals surface area contributed by atoms with Crippen LogP contribution in [0.3, 0.4) is 0 Å². The van der Waals surface area contributed by atoms with E-state index in [2.05, 4.69) is 10.2 Å². The number of rotatable bonds is 6. The molecule has 1 N–H and O–H groups in total. The molecule has 0 aromatic carbocycles. The molecule has 0 aromatic rings. The number of ether oxygens (including phenoxy) is 1. The Bertz CT molecular complexity index is 406. The molecular formula is C12H24N2O4S. The van der Waals surface area contributed by atoms with Crippen LogP contribution in [0.25, 0.3) is 0 Å². The maximum Gasteiger partial charge on any atom is 0.407 e. The number of carbonyl (C=O) groups excluding carboxylic acids is 1. The SMILES string of the molecule is CCN(CC)CCOC(=O)NC1(C)CCS(=O)(=O)C1. The van der Waals surface area contributed by atoms with Gasteiger partial charge in [-0.3, -0.25) is 0 Å². The Morgan fingerprint density at radius 1 is 1.37 bits per heavy atom. The lowest BCUT2D eigenvalue weighted by Gasteiger charge is -2.24. The average molecular weight is 292 g/mol. The van der Waals surface area contributed by atoms with Crippen molar-refractivity contribution in [2.45, 2.75) is 32.7 Å². The Morgan fingerprint density at radius 3 is 2.47 bits per heavy atom. The Hall–Kier alpha value is -0.820. The second kappa shape index (κ2) is 6.56. The lowest BCUT2D eigenvalue weighted by molar-refractivity contribution is 0.121. The van der Waals surface area contributed by atoms with Crippen LogP contribution in [0.4, 0.5) is 4.79 Å². The highest BCUT2D eigenvalue weighted by Gasteiger charge is 2.39. The second-order valence-corrected chi connectivity index (χ2v) is 7.37. The fraction of sp³-hybridized carbons (Fsp3) is 0.917. The van der Waals surface area contributed by atoms with Crippen molar-refractivity contribution in [1.29, 1.82) is 0 Å². The van der Waals surface area contributed by atoms with E-state index in [1.54, 1.807) is 6.92 Å². The molecule has 0 saturated carbocycles. The molecule has 6 nitrogen and oxygen atoms in total. The van der Waals surface area contributed by atoms with Crippen molar-refractivity contribution in [2.24, 2.45) is 0 Å². The summed E-state index contributed by atoms with van der Waals surface area (Å²) in [5.41, 5.74) is -0.689. The van der Waals surface area contributed by atoms with Gasteiger partial charge in [0.2, 0.25) is 0 Å². The minimum Gasteiger partial charge on any atom is -0.448 e. The first-order valence-corrected chi connectivity index (χ1v) is 8.50. The third-order valence-electron chi connectivity index (χ3n) is 3.44. The molecule has 0 radical (unpaired) electrons. The largest absolute Gasteiger partial charge is 0.448 e. The van der Waals surface area contributed by atoms with Gasteiger partial charge in [0, 0.05) is 6.54 Å². The summed E-state index contributed by atoms with van der Waals surface area (Å²) >= 11 is 0. The molecule has 1 heterocycles. The number of carbonyl (C=O) groups is 1. The van der Waals surface area contributed by atoms with Gasteiger partial charge < -0.3 is 15.0 Å². The first-order valence-electron chi connectivity index (χ1n) is 6.68. The summed E-state index contributed by atoms with van der Waals surface area (Å²) in [5, 5.41) is 2.66. The van der Waals surface area contributed by atoms with Gasteiger partial charge in [-0.15, -0.1) is 0 Å². The Morgan fingerprint density at radius 2 is 2.00 bits per heavy atom.